The highest BCUT2D eigenvalue weighted by molar-refractivity contribution is 6.30. The van der Waals surface area contributed by atoms with Crippen molar-refractivity contribution in [2.24, 2.45) is 0 Å². The van der Waals surface area contributed by atoms with E-state index in [0.717, 1.165) is 65.9 Å². The van der Waals surface area contributed by atoms with E-state index in [-0.39, 0.29) is 18.4 Å². The Morgan fingerprint density at radius 3 is 2.70 bits per heavy atom. The minimum atomic E-state index is -0.508. The number of carbonyl (C=O) groups is 2. The Bertz CT molecular complexity index is 1760. The Morgan fingerprint density at radius 2 is 1.91 bits per heavy atom. The number of carbonyl (C=O) groups excluding carboxylic acids is 2. The summed E-state index contributed by atoms with van der Waals surface area (Å²) in [5.74, 6) is 0.110. The van der Waals surface area contributed by atoms with Crippen LogP contribution >= 0.6 is 11.6 Å². The molecule has 4 heterocycles. The van der Waals surface area contributed by atoms with Gasteiger partial charge < -0.3 is 29.6 Å². The lowest BCUT2D eigenvalue weighted by molar-refractivity contribution is -0.115. The van der Waals surface area contributed by atoms with E-state index < -0.39 is 5.97 Å². The quantitative estimate of drug-likeness (QED) is 0.222. The number of benzene rings is 2. The number of rotatable bonds is 8. The van der Waals surface area contributed by atoms with Crippen LogP contribution in [0.4, 0.5) is 11.4 Å². The van der Waals surface area contributed by atoms with Crippen LogP contribution in [0.2, 0.25) is 5.02 Å². The first-order chi connectivity index (χ1) is 22.4. The van der Waals surface area contributed by atoms with Crippen molar-refractivity contribution in [3.05, 3.63) is 93.8 Å². The average molecular weight is 643 g/mol. The molecule has 2 aliphatic rings. The zero-order chi connectivity index (χ0) is 32.0. The number of pyridine rings is 2. The molecule has 2 aromatic heterocycles. The molecule has 4 aromatic rings. The van der Waals surface area contributed by atoms with Crippen LogP contribution in [0.15, 0.2) is 60.8 Å². The number of aryl methyl sites for hydroxylation is 2. The fourth-order valence-corrected chi connectivity index (χ4v) is 5.80. The summed E-state index contributed by atoms with van der Waals surface area (Å²) < 4.78 is 22.1. The lowest BCUT2D eigenvalue weighted by Gasteiger charge is -2.27. The van der Waals surface area contributed by atoms with E-state index in [9.17, 15) is 9.59 Å². The van der Waals surface area contributed by atoms with E-state index in [0.29, 0.717) is 46.7 Å². The summed E-state index contributed by atoms with van der Waals surface area (Å²) in [5.41, 5.74) is 6.79. The van der Waals surface area contributed by atoms with Gasteiger partial charge in [0.2, 0.25) is 11.8 Å². The van der Waals surface area contributed by atoms with E-state index in [4.69, 9.17) is 35.5 Å². The molecular formula is C35H35ClN4O6. The van der Waals surface area contributed by atoms with Gasteiger partial charge >= 0.3 is 5.97 Å². The van der Waals surface area contributed by atoms with Crippen LogP contribution in [0.3, 0.4) is 0 Å². The van der Waals surface area contributed by atoms with Crippen LogP contribution < -0.4 is 20.1 Å². The highest BCUT2D eigenvalue weighted by Crippen LogP contribution is 2.36. The second-order valence-electron chi connectivity index (χ2n) is 11.2. The first kappa shape index (κ1) is 31.3. The Kier molecular flexibility index (Phi) is 9.65. The van der Waals surface area contributed by atoms with E-state index >= 15 is 0 Å². The van der Waals surface area contributed by atoms with Crippen LogP contribution in [0, 0.1) is 0 Å². The molecule has 2 aliphatic heterocycles. The molecule has 1 atom stereocenters. The van der Waals surface area contributed by atoms with Gasteiger partial charge in [0.15, 0.2) is 0 Å². The number of esters is 1. The predicted molar refractivity (Wildman–Crippen MR) is 175 cm³/mol. The third-order valence-corrected chi connectivity index (χ3v) is 8.38. The highest BCUT2D eigenvalue weighted by Gasteiger charge is 2.22. The molecule has 0 saturated carbocycles. The molecule has 10 nitrogen and oxygen atoms in total. The molecule has 1 fully saturated rings. The van der Waals surface area contributed by atoms with Crippen molar-refractivity contribution in [3.63, 3.8) is 0 Å². The molecule has 1 saturated heterocycles. The molecule has 2 N–H and O–H groups in total. The lowest BCUT2D eigenvalue weighted by Crippen LogP contribution is -2.33. The van der Waals surface area contributed by atoms with Crippen LogP contribution in [0.1, 0.15) is 45.6 Å². The fourth-order valence-electron chi connectivity index (χ4n) is 5.62. The Morgan fingerprint density at radius 1 is 1.07 bits per heavy atom. The number of ether oxygens (including phenoxy) is 4. The number of nitrogens with zero attached hydrogens (tertiary/aromatic N) is 2. The van der Waals surface area contributed by atoms with Crippen molar-refractivity contribution in [3.8, 4) is 22.9 Å². The number of amides is 1. The highest BCUT2D eigenvalue weighted by atomic mass is 35.5. The number of fused-ring (bicyclic) bond motifs is 6. The van der Waals surface area contributed by atoms with Gasteiger partial charge in [-0.15, -0.1) is 0 Å². The lowest BCUT2D eigenvalue weighted by atomic mass is 9.94. The van der Waals surface area contributed by atoms with E-state index in [2.05, 4.69) is 21.7 Å². The molecule has 0 unspecified atom stereocenters. The van der Waals surface area contributed by atoms with Crippen LogP contribution in [0.25, 0.3) is 11.3 Å². The Labute approximate surface area is 272 Å². The number of hydrogen-bond donors (Lipinski definition) is 2. The SMILES string of the molecule is COC(=O)c1cc(NC[C@@H]2CCO2)c(NC(=O)Cc2ccc3cc2CCCc2cc(Cl)cnc2COc2cccc-3n2)c(OC)c1. The molecule has 2 aromatic carbocycles. The topological polar surface area (TPSA) is 121 Å². The van der Waals surface area contributed by atoms with Crippen molar-refractivity contribution in [2.45, 2.75) is 44.8 Å². The van der Waals surface area contributed by atoms with E-state index in [1.165, 1.54) is 14.2 Å². The van der Waals surface area contributed by atoms with Gasteiger partial charge in [0, 0.05) is 31.0 Å². The van der Waals surface area contributed by atoms with Crippen molar-refractivity contribution in [1.82, 2.24) is 9.97 Å². The maximum atomic E-state index is 13.7. The zero-order valence-electron chi connectivity index (χ0n) is 25.7. The molecule has 46 heavy (non-hydrogen) atoms. The third-order valence-electron chi connectivity index (χ3n) is 8.17. The second-order valence-corrected chi connectivity index (χ2v) is 11.7. The fraction of sp³-hybridized carbons (Fsp3) is 0.314. The maximum absolute atomic E-state index is 13.7. The summed E-state index contributed by atoms with van der Waals surface area (Å²) in [6, 6.07) is 16.9. The molecule has 4 bridgehead atoms. The largest absolute Gasteiger partial charge is 0.494 e. The number of nitrogens with one attached hydrogen (secondary N) is 2. The molecule has 11 heteroatoms. The van der Waals surface area contributed by atoms with Crippen molar-refractivity contribution >= 4 is 34.9 Å². The monoisotopic (exact) mass is 642 g/mol. The van der Waals surface area contributed by atoms with Gasteiger partial charge in [-0.3, -0.25) is 9.78 Å². The van der Waals surface area contributed by atoms with Gasteiger partial charge in [-0.1, -0.05) is 29.8 Å². The first-order valence-electron chi connectivity index (χ1n) is 15.2. The number of halogens is 1. The maximum Gasteiger partial charge on any atom is 0.338 e. The van der Waals surface area contributed by atoms with Crippen molar-refractivity contribution < 1.29 is 28.5 Å². The standard InChI is InChI=1S/C35H35ClN4O6/c1-43-31-16-25(35(42)44-2)15-29(38-19-27-11-12-45-27)34(31)40-32(41)17-22-9-10-24-13-21(22)5-3-6-23-14-26(36)18-37-30(23)20-46-33-8-4-7-28(24)39-33/h4,7-10,13-16,18,27,38H,3,5-6,11-12,17,19-20H2,1-2H3,(H,40,41)/t27-/m0/s1. The van der Waals surface area contributed by atoms with Crippen molar-refractivity contribution in [1.29, 1.82) is 0 Å². The summed E-state index contributed by atoms with van der Waals surface area (Å²) in [7, 11) is 2.81. The summed E-state index contributed by atoms with van der Waals surface area (Å²) >= 11 is 6.29. The number of anilines is 2. The Hall–Kier alpha value is -4.67. The van der Waals surface area contributed by atoms with Crippen LogP contribution in [0.5, 0.6) is 11.6 Å². The van der Waals surface area contributed by atoms with E-state index in [1.807, 2.05) is 36.4 Å². The number of aromatic nitrogens is 2. The normalized spacial score (nSPS) is 15.4. The van der Waals surface area contributed by atoms with Gasteiger partial charge in [0.25, 0.3) is 0 Å². The Balaban J connectivity index is 1.28. The van der Waals surface area contributed by atoms with Gasteiger partial charge in [0.05, 0.1) is 54.4 Å². The van der Waals surface area contributed by atoms with Crippen LogP contribution in [-0.4, -0.2) is 55.3 Å². The predicted octanol–water partition coefficient (Wildman–Crippen LogP) is 6.04. The molecule has 0 radical (unpaired) electrons. The second kappa shape index (κ2) is 14.2. The molecule has 0 spiro atoms. The van der Waals surface area contributed by atoms with E-state index in [1.54, 1.807) is 18.3 Å². The molecule has 6 rings (SSSR count). The third kappa shape index (κ3) is 7.24. The number of hydrogen-bond acceptors (Lipinski definition) is 9. The molecule has 1 amide bonds. The minimum absolute atomic E-state index is 0.0579. The molecular weight excluding hydrogens is 608 g/mol. The van der Waals surface area contributed by atoms with Gasteiger partial charge in [-0.25, -0.2) is 9.78 Å². The zero-order valence-corrected chi connectivity index (χ0v) is 26.5. The summed E-state index contributed by atoms with van der Waals surface area (Å²) in [5, 5.41) is 6.93. The minimum Gasteiger partial charge on any atom is -0.494 e. The van der Waals surface area contributed by atoms with Gasteiger partial charge in [-0.2, -0.15) is 0 Å². The molecule has 0 aliphatic carbocycles. The van der Waals surface area contributed by atoms with Crippen LogP contribution in [-0.2, 0) is 40.1 Å². The van der Waals surface area contributed by atoms with Gasteiger partial charge in [0.1, 0.15) is 18.0 Å². The smallest absolute Gasteiger partial charge is 0.338 e. The summed E-state index contributed by atoms with van der Waals surface area (Å²) in [4.78, 5) is 35.3. The first-order valence-corrected chi connectivity index (χ1v) is 15.6. The van der Waals surface area contributed by atoms with Gasteiger partial charge in [-0.05, 0) is 72.7 Å². The number of methoxy groups -OCH3 is 2. The summed E-state index contributed by atoms with van der Waals surface area (Å²) in [6.07, 6.45) is 5.05. The molecule has 238 valence electrons. The van der Waals surface area contributed by atoms with Crippen molar-refractivity contribution in [2.75, 3.05) is 38.0 Å². The average Bonchev–Trinajstić information content (AvgIpc) is 3.04. The summed E-state index contributed by atoms with van der Waals surface area (Å²) in [6.45, 7) is 1.53.